The van der Waals surface area contributed by atoms with Crippen molar-refractivity contribution in [2.45, 2.75) is 12.6 Å². The summed E-state index contributed by atoms with van der Waals surface area (Å²) in [6, 6.07) is 3.01. The number of amides is 3. The summed E-state index contributed by atoms with van der Waals surface area (Å²) in [5.74, 6) is -0.733. The first kappa shape index (κ1) is 17.1. The predicted molar refractivity (Wildman–Crippen MR) is 84.4 cm³/mol. The number of nitrogens with zero attached hydrogens (tertiary/aromatic N) is 3. The first-order chi connectivity index (χ1) is 11.8. The third-order valence-electron chi connectivity index (χ3n) is 3.28. The van der Waals surface area contributed by atoms with Crippen molar-refractivity contribution in [1.82, 2.24) is 15.3 Å². The Bertz CT molecular complexity index is 808. The van der Waals surface area contributed by atoms with Crippen molar-refractivity contribution in [3.8, 4) is 0 Å². The Morgan fingerprint density at radius 1 is 1.36 bits per heavy atom. The van der Waals surface area contributed by atoms with Gasteiger partial charge in [0.05, 0.1) is 12.1 Å². The highest BCUT2D eigenvalue weighted by atomic mass is 32.1. The molecular weight excluding hydrogens is 359 g/mol. The van der Waals surface area contributed by atoms with E-state index in [1.807, 2.05) is 0 Å². The van der Waals surface area contributed by atoms with Crippen LogP contribution in [0.4, 0.5) is 28.9 Å². The molecule has 1 aliphatic heterocycles. The van der Waals surface area contributed by atoms with Crippen molar-refractivity contribution in [1.29, 1.82) is 0 Å². The van der Waals surface area contributed by atoms with Gasteiger partial charge in [-0.15, -0.1) is 11.3 Å². The Labute approximate surface area is 143 Å². The van der Waals surface area contributed by atoms with Crippen molar-refractivity contribution < 1.29 is 22.8 Å². The number of alkyl halides is 3. The summed E-state index contributed by atoms with van der Waals surface area (Å²) in [6.07, 6.45) is -4.72. The monoisotopic (exact) mass is 371 g/mol. The lowest BCUT2D eigenvalue weighted by atomic mass is 10.3. The van der Waals surface area contributed by atoms with Crippen LogP contribution in [-0.2, 0) is 17.4 Å². The van der Waals surface area contributed by atoms with Crippen molar-refractivity contribution in [2.24, 2.45) is 0 Å². The van der Waals surface area contributed by atoms with Gasteiger partial charge < -0.3 is 10.6 Å². The number of carbonyl (C=O) groups is 2. The van der Waals surface area contributed by atoms with E-state index in [4.69, 9.17) is 0 Å². The van der Waals surface area contributed by atoms with E-state index in [9.17, 15) is 22.8 Å². The molecule has 7 nitrogen and oxygen atoms in total. The van der Waals surface area contributed by atoms with E-state index in [1.54, 1.807) is 5.38 Å². The Kier molecular flexibility index (Phi) is 4.57. The average molecular weight is 371 g/mol. The fourth-order valence-corrected chi connectivity index (χ4v) is 3.02. The molecule has 0 aromatic carbocycles. The first-order valence-corrected chi connectivity index (χ1v) is 8.05. The van der Waals surface area contributed by atoms with Crippen molar-refractivity contribution in [3.63, 3.8) is 0 Å². The molecule has 2 aromatic rings. The van der Waals surface area contributed by atoms with Crippen molar-refractivity contribution in [2.75, 3.05) is 23.3 Å². The number of thiazole rings is 1. The summed E-state index contributed by atoms with van der Waals surface area (Å²) in [7, 11) is 0. The number of hydrogen-bond acceptors (Lipinski definition) is 5. The zero-order valence-electron chi connectivity index (χ0n) is 12.6. The third kappa shape index (κ3) is 4.05. The number of urea groups is 1. The summed E-state index contributed by atoms with van der Waals surface area (Å²) >= 11 is 1.21. The average Bonchev–Trinajstić information content (AvgIpc) is 3.15. The van der Waals surface area contributed by atoms with Crippen LogP contribution in [0.3, 0.4) is 0 Å². The van der Waals surface area contributed by atoms with Crippen LogP contribution in [0.5, 0.6) is 0 Å². The topological polar surface area (TPSA) is 87.2 Å². The Morgan fingerprint density at radius 3 is 2.84 bits per heavy atom. The van der Waals surface area contributed by atoms with E-state index in [2.05, 4.69) is 20.6 Å². The number of nitrogens with one attached hydrogen (secondary N) is 2. The lowest BCUT2D eigenvalue weighted by Crippen LogP contribution is -2.27. The van der Waals surface area contributed by atoms with Crippen LogP contribution < -0.4 is 15.5 Å². The molecule has 0 spiro atoms. The van der Waals surface area contributed by atoms with E-state index in [-0.39, 0.29) is 18.3 Å². The van der Waals surface area contributed by atoms with Gasteiger partial charge in [-0.2, -0.15) is 13.2 Å². The molecule has 132 valence electrons. The molecule has 0 radical (unpaired) electrons. The summed E-state index contributed by atoms with van der Waals surface area (Å²) in [5, 5.41) is 7.05. The van der Waals surface area contributed by atoms with Crippen LogP contribution in [0.1, 0.15) is 11.4 Å². The summed E-state index contributed by atoms with van der Waals surface area (Å²) < 4.78 is 37.8. The van der Waals surface area contributed by atoms with Gasteiger partial charge in [-0.25, -0.2) is 14.8 Å². The van der Waals surface area contributed by atoms with Gasteiger partial charge in [0.2, 0.25) is 5.91 Å². The quantitative estimate of drug-likeness (QED) is 0.863. The van der Waals surface area contributed by atoms with Crippen LogP contribution in [0.2, 0.25) is 0 Å². The maximum absolute atomic E-state index is 12.6. The first-order valence-electron chi connectivity index (χ1n) is 7.17. The largest absolute Gasteiger partial charge is 0.433 e. The molecule has 0 saturated carbocycles. The number of rotatable bonds is 4. The molecule has 0 aliphatic carbocycles. The molecule has 3 heterocycles. The van der Waals surface area contributed by atoms with Gasteiger partial charge in [-0.1, -0.05) is 6.07 Å². The van der Waals surface area contributed by atoms with Crippen LogP contribution in [0.25, 0.3) is 0 Å². The second-order valence-corrected chi connectivity index (χ2v) is 5.97. The van der Waals surface area contributed by atoms with Crippen molar-refractivity contribution in [3.05, 3.63) is 35.0 Å². The summed E-state index contributed by atoms with van der Waals surface area (Å²) in [4.78, 5) is 32.6. The van der Waals surface area contributed by atoms with Gasteiger partial charge in [-0.3, -0.25) is 9.69 Å². The minimum atomic E-state index is -4.58. The molecule has 0 bridgehead atoms. The smallest absolute Gasteiger partial charge is 0.336 e. The Balaban J connectivity index is 1.63. The van der Waals surface area contributed by atoms with Gasteiger partial charge in [-0.05, 0) is 12.1 Å². The van der Waals surface area contributed by atoms with Crippen LogP contribution >= 0.6 is 11.3 Å². The standard InChI is InChI=1S/C14H12F3N5O2S/c15-14(16,17)9-2-1-3-10(20-9)21-11(23)6-8-7-25-13(19-8)22-5-4-18-12(22)24/h1-3,7H,4-6H2,(H,18,24)(H,20,21,23). The highest BCUT2D eigenvalue weighted by Gasteiger charge is 2.32. The summed E-state index contributed by atoms with van der Waals surface area (Å²) in [6.45, 7) is 1.02. The lowest BCUT2D eigenvalue weighted by Gasteiger charge is -2.09. The second kappa shape index (κ2) is 6.67. The van der Waals surface area contributed by atoms with Crippen LogP contribution in [0.15, 0.2) is 23.6 Å². The molecule has 25 heavy (non-hydrogen) atoms. The van der Waals surface area contributed by atoms with Gasteiger partial charge in [0.15, 0.2) is 5.13 Å². The summed E-state index contributed by atoms with van der Waals surface area (Å²) in [5.41, 5.74) is -0.662. The molecule has 0 atom stereocenters. The highest BCUT2D eigenvalue weighted by molar-refractivity contribution is 7.14. The van der Waals surface area contributed by atoms with Crippen LogP contribution in [0, 0.1) is 0 Å². The fraction of sp³-hybridized carbons (Fsp3) is 0.286. The lowest BCUT2D eigenvalue weighted by molar-refractivity contribution is -0.141. The molecule has 2 N–H and O–H groups in total. The maximum Gasteiger partial charge on any atom is 0.433 e. The molecule has 1 saturated heterocycles. The fourth-order valence-electron chi connectivity index (χ4n) is 2.17. The van der Waals surface area contributed by atoms with E-state index in [0.29, 0.717) is 23.9 Å². The van der Waals surface area contributed by atoms with E-state index >= 15 is 0 Å². The minimum Gasteiger partial charge on any atom is -0.336 e. The molecule has 1 fully saturated rings. The van der Waals surface area contributed by atoms with E-state index in [0.717, 1.165) is 6.07 Å². The number of hydrogen-bond donors (Lipinski definition) is 2. The highest BCUT2D eigenvalue weighted by Crippen LogP contribution is 2.28. The van der Waals surface area contributed by atoms with E-state index < -0.39 is 17.8 Å². The van der Waals surface area contributed by atoms with Gasteiger partial charge in [0, 0.05) is 18.5 Å². The zero-order valence-corrected chi connectivity index (χ0v) is 13.4. The number of pyridine rings is 1. The Morgan fingerprint density at radius 2 is 2.16 bits per heavy atom. The number of aromatic nitrogens is 2. The zero-order chi connectivity index (χ0) is 18.0. The minimum absolute atomic E-state index is 0.135. The third-order valence-corrected chi connectivity index (χ3v) is 4.19. The van der Waals surface area contributed by atoms with Gasteiger partial charge in [0.1, 0.15) is 11.5 Å². The molecule has 2 aromatic heterocycles. The van der Waals surface area contributed by atoms with Crippen LogP contribution in [-0.4, -0.2) is 35.0 Å². The van der Waals surface area contributed by atoms with Gasteiger partial charge >= 0.3 is 12.2 Å². The number of halogens is 3. The SMILES string of the molecule is O=C(Cc1csc(N2CCNC2=O)n1)Nc1cccc(C(F)(F)F)n1. The Hall–Kier alpha value is -2.69. The number of carbonyl (C=O) groups excluding carboxylic acids is 2. The molecule has 11 heteroatoms. The van der Waals surface area contributed by atoms with Gasteiger partial charge in [0.25, 0.3) is 0 Å². The molecule has 3 amide bonds. The molecule has 1 aliphatic rings. The molecule has 0 unspecified atom stereocenters. The second-order valence-electron chi connectivity index (χ2n) is 5.14. The molecule has 3 rings (SSSR count). The number of anilines is 2. The normalized spacial score (nSPS) is 14.5. The maximum atomic E-state index is 12.6. The van der Waals surface area contributed by atoms with E-state index in [1.165, 1.54) is 28.4 Å². The van der Waals surface area contributed by atoms with Crippen molar-refractivity contribution >= 4 is 34.2 Å². The predicted octanol–water partition coefficient (Wildman–Crippen LogP) is 2.27. The molecular formula is C14H12F3N5O2S.